The molecule has 0 aromatic heterocycles. The molecule has 1 heterocycles. The number of primary amides is 1. The van der Waals surface area contributed by atoms with E-state index in [0.29, 0.717) is 19.3 Å². The molecule has 2 amide bonds. The van der Waals surface area contributed by atoms with Crippen LogP contribution in [0.5, 0.6) is 0 Å². The van der Waals surface area contributed by atoms with Crippen molar-refractivity contribution < 1.29 is 23.1 Å². The molecule has 0 saturated heterocycles. The summed E-state index contributed by atoms with van der Waals surface area (Å²) in [7, 11) is 0. The van der Waals surface area contributed by atoms with Gasteiger partial charge in [0, 0.05) is 5.71 Å². The highest BCUT2D eigenvalue weighted by molar-refractivity contribution is 5.92. The molecule has 17 heavy (non-hydrogen) atoms. The third-order valence-corrected chi connectivity index (χ3v) is 3.24. The average molecular weight is 251 g/mol. The van der Waals surface area contributed by atoms with Crippen LogP contribution in [-0.4, -0.2) is 33.8 Å². The van der Waals surface area contributed by atoms with Crippen LogP contribution in [0.2, 0.25) is 0 Å². The van der Waals surface area contributed by atoms with Gasteiger partial charge in [-0.1, -0.05) is 6.42 Å². The molecule has 2 atom stereocenters. The first-order valence-corrected chi connectivity index (χ1v) is 5.24. The fraction of sp³-hybridized carbons (Fsp3) is 0.778. The zero-order valence-corrected chi connectivity index (χ0v) is 8.87. The number of amides is 2. The first-order chi connectivity index (χ1) is 7.78. The van der Waals surface area contributed by atoms with Crippen LogP contribution in [0.4, 0.5) is 18.0 Å². The lowest BCUT2D eigenvalue weighted by molar-refractivity contribution is -0.312. The van der Waals surface area contributed by atoms with E-state index in [1.807, 2.05) is 0 Å². The Morgan fingerprint density at radius 1 is 1.53 bits per heavy atom. The van der Waals surface area contributed by atoms with E-state index in [0.717, 1.165) is 0 Å². The molecule has 96 valence electrons. The van der Waals surface area contributed by atoms with Gasteiger partial charge in [-0.2, -0.15) is 23.3 Å². The molecule has 3 N–H and O–H groups in total. The van der Waals surface area contributed by atoms with Gasteiger partial charge in [0.2, 0.25) is 0 Å². The van der Waals surface area contributed by atoms with Crippen molar-refractivity contribution in [2.45, 2.75) is 37.6 Å². The predicted octanol–water partition coefficient (Wildman–Crippen LogP) is 1.18. The number of hydrogen-bond acceptors (Lipinski definition) is 3. The van der Waals surface area contributed by atoms with E-state index in [1.54, 1.807) is 0 Å². The number of nitrogens with two attached hydrogens (primary N) is 1. The molecule has 1 fully saturated rings. The van der Waals surface area contributed by atoms with Crippen LogP contribution in [-0.2, 0) is 0 Å². The minimum atomic E-state index is -4.98. The maximum Gasteiger partial charge on any atom is 0.439 e. The number of nitrogens with zero attached hydrogens (tertiary/aromatic N) is 2. The fourth-order valence-corrected chi connectivity index (χ4v) is 2.44. The lowest BCUT2D eigenvalue weighted by atomic mass is 9.80. The minimum Gasteiger partial charge on any atom is -0.361 e. The van der Waals surface area contributed by atoms with Crippen LogP contribution in [0, 0.1) is 5.92 Å². The first kappa shape index (κ1) is 12.2. The topological polar surface area (TPSA) is 78.9 Å². The molecule has 0 aromatic carbocycles. The zero-order valence-electron chi connectivity index (χ0n) is 8.87. The third kappa shape index (κ3) is 1.58. The molecule has 0 aromatic rings. The van der Waals surface area contributed by atoms with Crippen LogP contribution in [0.3, 0.4) is 0 Å². The Kier molecular flexibility index (Phi) is 2.57. The van der Waals surface area contributed by atoms with Crippen LogP contribution in [0.15, 0.2) is 5.10 Å². The summed E-state index contributed by atoms with van der Waals surface area (Å²) in [5.41, 5.74) is 1.76. The Morgan fingerprint density at radius 2 is 2.18 bits per heavy atom. The van der Waals surface area contributed by atoms with Crippen molar-refractivity contribution in [1.29, 1.82) is 0 Å². The molecule has 0 radical (unpaired) electrons. The highest BCUT2D eigenvalue weighted by atomic mass is 19.4. The lowest BCUT2D eigenvalue weighted by Gasteiger charge is -2.37. The summed E-state index contributed by atoms with van der Waals surface area (Å²) in [5.74, 6) is -1.19. The van der Waals surface area contributed by atoms with Gasteiger partial charge < -0.3 is 10.8 Å². The molecular formula is C9H12F3N3O2. The van der Waals surface area contributed by atoms with Crippen molar-refractivity contribution in [3.05, 3.63) is 0 Å². The quantitative estimate of drug-likeness (QED) is 0.678. The van der Waals surface area contributed by atoms with Crippen molar-refractivity contribution in [3.8, 4) is 0 Å². The minimum absolute atomic E-state index is 0.0294. The zero-order chi connectivity index (χ0) is 12.8. The number of carbonyl (C=O) groups excluding carboxylic acids is 1. The SMILES string of the molecule is NC(=O)N1N=C2CCCC[C@H]2[C@]1(O)C(F)(F)F. The monoisotopic (exact) mass is 251 g/mol. The molecule has 0 spiro atoms. The normalized spacial score (nSPS) is 33.3. The Balaban J connectivity index is 2.45. The Hall–Kier alpha value is -1.31. The summed E-state index contributed by atoms with van der Waals surface area (Å²) in [6.07, 6.45) is -3.20. The maximum atomic E-state index is 13.0. The average Bonchev–Trinajstić information content (AvgIpc) is 2.54. The van der Waals surface area contributed by atoms with E-state index in [4.69, 9.17) is 5.73 Å². The summed E-state index contributed by atoms with van der Waals surface area (Å²) >= 11 is 0. The van der Waals surface area contributed by atoms with E-state index in [-0.39, 0.29) is 17.1 Å². The molecule has 0 unspecified atom stereocenters. The number of fused-ring (bicyclic) bond motifs is 1. The van der Waals surface area contributed by atoms with Gasteiger partial charge in [-0.25, -0.2) is 4.79 Å². The number of hydrogen-bond donors (Lipinski definition) is 2. The van der Waals surface area contributed by atoms with Crippen molar-refractivity contribution >= 4 is 11.7 Å². The second kappa shape index (κ2) is 3.59. The van der Waals surface area contributed by atoms with Crippen LogP contribution < -0.4 is 5.73 Å². The van der Waals surface area contributed by atoms with Crippen molar-refractivity contribution in [2.24, 2.45) is 16.8 Å². The summed E-state index contributed by atoms with van der Waals surface area (Å²) in [5, 5.41) is 13.3. The van der Waals surface area contributed by atoms with E-state index >= 15 is 0 Å². The third-order valence-electron chi connectivity index (χ3n) is 3.24. The maximum absolute atomic E-state index is 13.0. The molecule has 0 bridgehead atoms. The van der Waals surface area contributed by atoms with Crippen LogP contribution in [0.25, 0.3) is 0 Å². The van der Waals surface area contributed by atoms with Gasteiger partial charge in [0.05, 0.1) is 5.92 Å². The number of carbonyl (C=O) groups is 1. The molecule has 2 aliphatic rings. The Morgan fingerprint density at radius 3 is 2.71 bits per heavy atom. The van der Waals surface area contributed by atoms with Crippen LogP contribution in [0.1, 0.15) is 25.7 Å². The predicted molar refractivity (Wildman–Crippen MR) is 51.8 cm³/mol. The number of halogens is 3. The smallest absolute Gasteiger partial charge is 0.361 e. The lowest BCUT2D eigenvalue weighted by Crippen LogP contribution is -2.62. The van der Waals surface area contributed by atoms with E-state index in [2.05, 4.69) is 5.10 Å². The highest BCUT2D eigenvalue weighted by Gasteiger charge is 2.68. The van der Waals surface area contributed by atoms with Gasteiger partial charge in [-0.05, 0) is 19.3 Å². The van der Waals surface area contributed by atoms with E-state index < -0.39 is 23.9 Å². The van der Waals surface area contributed by atoms with Gasteiger partial charge in [0.25, 0.3) is 5.72 Å². The van der Waals surface area contributed by atoms with Crippen molar-refractivity contribution in [2.75, 3.05) is 0 Å². The van der Waals surface area contributed by atoms with Gasteiger partial charge in [-0.15, -0.1) is 0 Å². The van der Waals surface area contributed by atoms with Gasteiger partial charge in [0.1, 0.15) is 0 Å². The number of aliphatic hydroxyl groups is 1. The Labute approximate surface area is 95.1 Å². The van der Waals surface area contributed by atoms with E-state index in [1.165, 1.54) is 0 Å². The molecule has 1 saturated carbocycles. The van der Waals surface area contributed by atoms with Gasteiger partial charge in [0.15, 0.2) is 0 Å². The second-order valence-electron chi connectivity index (χ2n) is 4.26. The second-order valence-corrected chi connectivity index (χ2v) is 4.26. The van der Waals surface area contributed by atoms with Gasteiger partial charge in [-0.3, -0.25) is 0 Å². The van der Waals surface area contributed by atoms with Crippen molar-refractivity contribution in [3.63, 3.8) is 0 Å². The number of urea groups is 1. The molecule has 5 nitrogen and oxygen atoms in total. The molecule has 1 aliphatic heterocycles. The molecular weight excluding hydrogens is 239 g/mol. The summed E-state index contributed by atoms with van der Waals surface area (Å²) in [6.45, 7) is 0. The number of hydrazone groups is 1. The van der Waals surface area contributed by atoms with Crippen LogP contribution >= 0.6 is 0 Å². The van der Waals surface area contributed by atoms with E-state index in [9.17, 15) is 23.1 Å². The highest BCUT2D eigenvalue weighted by Crippen LogP contribution is 2.47. The molecule has 1 aliphatic carbocycles. The largest absolute Gasteiger partial charge is 0.439 e. The first-order valence-electron chi connectivity index (χ1n) is 5.24. The van der Waals surface area contributed by atoms with Crippen molar-refractivity contribution in [1.82, 2.24) is 5.01 Å². The molecule has 2 rings (SSSR count). The summed E-state index contributed by atoms with van der Waals surface area (Å²) in [4.78, 5) is 11.0. The molecule has 8 heteroatoms. The number of alkyl halides is 3. The summed E-state index contributed by atoms with van der Waals surface area (Å²) < 4.78 is 38.9. The standard InChI is InChI=1S/C9H12F3N3O2/c10-9(11,12)8(17)5-3-1-2-4-6(5)14-15(8)7(13)16/h5,17H,1-4H2,(H2,13,16)/t5-,8+/m1/s1. The summed E-state index contributed by atoms with van der Waals surface area (Å²) in [6, 6.07) is -1.40. The fourth-order valence-electron chi connectivity index (χ4n) is 2.44. The van der Waals surface area contributed by atoms with Gasteiger partial charge >= 0.3 is 12.2 Å². The Bertz CT molecular complexity index is 382. The number of rotatable bonds is 0.